The first-order valence-corrected chi connectivity index (χ1v) is 9.17. The number of aromatic nitrogens is 4. The summed E-state index contributed by atoms with van der Waals surface area (Å²) in [6.45, 7) is 8.65. The lowest BCUT2D eigenvalue weighted by Gasteiger charge is -2.10. The maximum absolute atomic E-state index is 12.4. The summed E-state index contributed by atoms with van der Waals surface area (Å²) in [6, 6.07) is 0. The van der Waals surface area contributed by atoms with Gasteiger partial charge >= 0.3 is 0 Å². The van der Waals surface area contributed by atoms with E-state index >= 15 is 0 Å². The number of hydrogen-bond acceptors (Lipinski definition) is 7. The highest BCUT2D eigenvalue weighted by molar-refractivity contribution is 8.02. The Morgan fingerprint density at radius 1 is 1.39 bits per heavy atom. The topological polar surface area (TPSA) is 84.7 Å². The first-order chi connectivity index (χ1) is 10.9. The number of nitrogens with zero attached hydrogens (tertiary/aromatic N) is 4. The molecule has 0 unspecified atom stereocenters. The molecular formula is C14H22N6OS2. The largest absolute Gasteiger partial charge is 0.360 e. The third-order valence-electron chi connectivity index (χ3n) is 3.34. The number of rotatable bonds is 7. The third-order valence-corrected chi connectivity index (χ3v) is 5.40. The van der Waals surface area contributed by atoms with Crippen molar-refractivity contribution in [3.63, 3.8) is 0 Å². The maximum Gasteiger partial charge on any atom is 0.237 e. The molecule has 0 saturated carbocycles. The van der Waals surface area contributed by atoms with Crippen LogP contribution in [-0.4, -0.2) is 37.7 Å². The number of carbonyl (C=O) groups is 1. The molecule has 0 aliphatic rings. The van der Waals surface area contributed by atoms with Gasteiger partial charge in [-0.15, -0.1) is 10.2 Å². The van der Waals surface area contributed by atoms with Crippen LogP contribution in [-0.2, 0) is 11.8 Å². The van der Waals surface area contributed by atoms with Gasteiger partial charge in [0.15, 0.2) is 4.34 Å². The molecule has 2 aromatic heterocycles. The highest BCUT2D eigenvalue weighted by atomic mass is 32.2. The van der Waals surface area contributed by atoms with Crippen LogP contribution in [0.3, 0.4) is 0 Å². The highest BCUT2D eigenvalue weighted by Gasteiger charge is 2.20. The Morgan fingerprint density at radius 2 is 2.13 bits per heavy atom. The average molecular weight is 355 g/mol. The number of anilines is 2. The quantitative estimate of drug-likeness (QED) is 0.744. The van der Waals surface area contributed by atoms with Crippen LogP contribution in [0.4, 0.5) is 10.8 Å². The second kappa shape index (κ2) is 7.78. The van der Waals surface area contributed by atoms with E-state index in [1.165, 1.54) is 23.1 Å². The Labute approximate surface area is 144 Å². The highest BCUT2D eigenvalue weighted by Crippen LogP contribution is 2.30. The number of aryl methyl sites for hydroxylation is 2. The lowest BCUT2D eigenvalue weighted by Crippen LogP contribution is -2.23. The Kier molecular flexibility index (Phi) is 6.00. The van der Waals surface area contributed by atoms with Crippen LogP contribution in [0.15, 0.2) is 4.34 Å². The van der Waals surface area contributed by atoms with Gasteiger partial charge in [0.1, 0.15) is 0 Å². The number of thioether (sulfide) groups is 1. The zero-order valence-electron chi connectivity index (χ0n) is 14.0. The van der Waals surface area contributed by atoms with Gasteiger partial charge in [0.2, 0.25) is 11.0 Å². The molecule has 126 valence electrons. The Bertz CT molecular complexity index is 681. The van der Waals surface area contributed by atoms with Crippen LogP contribution in [0.5, 0.6) is 0 Å². The summed E-state index contributed by atoms with van der Waals surface area (Å²) in [4.78, 5) is 12.4. The molecule has 0 spiro atoms. The molecule has 7 nitrogen and oxygen atoms in total. The number of carbonyl (C=O) groups excluding carboxylic acids is 1. The number of hydrogen-bond donors (Lipinski definition) is 2. The summed E-state index contributed by atoms with van der Waals surface area (Å²) in [6.07, 6.45) is 1.03. The molecule has 0 radical (unpaired) electrons. The molecule has 0 bridgehead atoms. The molecule has 1 amide bonds. The SMILES string of the molecule is CCCNc1nnc(S[C@H](C)C(=O)Nc2c(C)nn(C)c2C)s1. The van der Waals surface area contributed by atoms with Crippen LogP contribution >= 0.6 is 23.1 Å². The summed E-state index contributed by atoms with van der Waals surface area (Å²) >= 11 is 2.88. The van der Waals surface area contributed by atoms with Crippen molar-refractivity contribution in [2.75, 3.05) is 17.2 Å². The zero-order valence-corrected chi connectivity index (χ0v) is 15.6. The fourth-order valence-electron chi connectivity index (χ4n) is 1.94. The van der Waals surface area contributed by atoms with E-state index in [1.54, 1.807) is 4.68 Å². The van der Waals surface area contributed by atoms with Gasteiger partial charge in [-0.05, 0) is 27.2 Å². The van der Waals surface area contributed by atoms with Crippen LogP contribution in [0, 0.1) is 13.8 Å². The molecule has 0 fully saturated rings. The molecule has 2 heterocycles. The van der Waals surface area contributed by atoms with Crippen LogP contribution in [0.2, 0.25) is 0 Å². The molecule has 23 heavy (non-hydrogen) atoms. The Morgan fingerprint density at radius 3 is 2.74 bits per heavy atom. The van der Waals surface area contributed by atoms with Crippen molar-refractivity contribution < 1.29 is 4.79 Å². The summed E-state index contributed by atoms with van der Waals surface area (Å²) in [7, 11) is 1.86. The Balaban J connectivity index is 1.96. The van der Waals surface area contributed by atoms with Crippen molar-refractivity contribution in [2.24, 2.45) is 7.05 Å². The van der Waals surface area contributed by atoms with E-state index in [0.717, 1.165) is 39.5 Å². The minimum Gasteiger partial charge on any atom is -0.360 e. The molecule has 2 rings (SSSR count). The number of nitrogens with one attached hydrogen (secondary N) is 2. The van der Waals surface area contributed by atoms with E-state index in [-0.39, 0.29) is 11.2 Å². The first-order valence-electron chi connectivity index (χ1n) is 7.47. The third kappa shape index (κ3) is 4.44. The van der Waals surface area contributed by atoms with E-state index in [9.17, 15) is 4.79 Å². The molecule has 9 heteroatoms. The molecule has 2 aromatic rings. The Hall–Kier alpha value is -1.61. The summed E-state index contributed by atoms with van der Waals surface area (Å²) in [5, 5.41) is 19.2. The van der Waals surface area contributed by atoms with Gasteiger partial charge in [-0.2, -0.15) is 5.10 Å². The van der Waals surface area contributed by atoms with Gasteiger partial charge in [0.05, 0.1) is 22.3 Å². The van der Waals surface area contributed by atoms with Crippen molar-refractivity contribution in [3.8, 4) is 0 Å². The van der Waals surface area contributed by atoms with Gasteiger partial charge in [-0.1, -0.05) is 30.0 Å². The van der Waals surface area contributed by atoms with Gasteiger partial charge in [-0.3, -0.25) is 9.48 Å². The standard InChI is InChI=1S/C14H22N6OS2/c1-6-7-15-13-17-18-14(23-13)22-10(4)12(21)16-11-8(2)19-20(5)9(11)3/h10H,6-7H2,1-5H3,(H,15,17)(H,16,21)/t10-/m1/s1. The van der Waals surface area contributed by atoms with Gasteiger partial charge in [0, 0.05) is 13.6 Å². The van der Waals surface area contributed by atoms with Gasteiger partial charge in [-0.25, -0.2) is 0 Å². The minimum absolute atomic E-state index is 0.0625. The second-order valence-corrected chi connectivity index (χ2v) is 7.78. The van der Waals surface area contributed by atoms with Crippen LogP contribution in [0.1, 0.15) is 31.7 Å². The molecule has 0 aliphatic carbocycles. The van der Waals surface area contributed by atoms with E-state index in [1.807, 2.05) is 27.8 Å². The van der Waals surface area contributed by atoms with Crippen LogP contribution in [0.25, 0.3) is 0 Å². The maximum atomic E-state index is 12.4. The van der Waals surface area contributed by atoms with Crippen molar-refractivity contribution >= 4 is 39.8 Å². The van der Waals surface area contributed by atoms with Crippen molar-refractivity contribution in [2.45, 2.75) is 43.7 Å². The summed E-state index contributed by atoms with van der Waals surface area (Å²) < 4.78 is 2.55. The average Bonchev–Trinajstić information content (AvgIpc) is 3.05. The fourth-order valence-corrected chi connectivity index (χ4v) is 3.87. The van der Waals surface area contributed by atoms with Crippen molar-refractivity contribution in [3.05, 3.63) is 11.4 Å². The molecule has 0 saturated heterocycles. The monoisotopic (exact) mass is 354 g/mol. The van der Waals surface area contributed by atoms with Crippen molar-refractivity contribution in [1.29, 1.82) is 0 Å². The van der Waals surface area contributed by atoms with E-state index in [4.69, 9.17) is 0 Å². The second-order valence-electron chi connectivity index (χ2n) is 5.22. The lowest BCUT2D eigenvalue weighted by atomic mass is 10.3. The van der Waals surface area contributed by atoms with E-state index < -0.39 is 0 Å². The normalized spacial score (nSPS) is 12.2. The molecule has 0 aromatic carbocycles. The van der Waals surface area contributed by atoms with E-state index in [0.29, 0.717) is 0 Å². The predicted octanol–water partition coefficient (Wildman–Crippen LogP) is 2.83. The minimum atomic E-state index is -0.263. The first kappa shape index (κ1) is 17.7. The summed E-state index contributed by atoms with van der Waals surface area (Å²) in [5.74, 6) is -0.0625. The predicted molar refractivity (Wildman–Crippen MR) is 95.3 cm³/mol. The van der Waals surface area contributed by atoms with Crippen LogP contribution < -0.4 is 10.6 Å². The molecule has 1 atom stereocenters. The van der Waals surface area contributed by atoms with E-state index in [2.05, 4.69) is 32.9 Å². The summed E-state index contributed by atoms with van der Waals surface area (Å²) in [5.41, 5.74) is 2.54. The van der Waals surface area contributed by atoms with Gasteiger partial charge in [0.25, 0.3) is 0 Å². The molecular weight excluding hydrogens is 332 g/mol. The van der Waals surface area contributed by atoms with Crippen molar-refractivity contribution in [1.82, 2.24) is 20.0 Å². The fraction of sp³-hybridized carbons (Fsp3) is 0.571. The zero-order chi connectivity index (χ0) is 17.0. The smallest absolute Gasteiger partial charge is 0.237 e. The number of amides is 1. The molecule has 0 aliphatic heterocycles. The molecule has 2 N–H and O–H groups in total. The lowest BCUT2D eigenvalue weighted by molar-refractivity contribution is -0.115. The van der Waals surface area contributed by atoms with Gasteiger partial charge < -0.3 is 10.6 Å².